The summed E-state index contributed by atoms with van der Waals surface area (Å²) in [5.41, 5.74) is 6.01. The summed E-state index contributed by atoms with van der Waals surface area (Å²) in [7, 11) is 0. The van der Waals surface area contributed by atoms with Crippen molar-refractivity contribution in [3.05, 3.63) is 0 Å². The number of carbonyl (C=O) groups is 1. The van der Waals surface area contributed by atoms with Crippen molar-refractivity contribution in [2.24, 2.45) is 11.7 Å². The van der Waals surface area contributed by atoms with Crippen LogP contribution in [0.2, 0.25) is 0 Å². The summed E-state index contributed by atoms with van der Waals surface area (Å²) < 4.78 is 5.29. The minimum Gasteiger partial charge on any atom is -0.379 e. The van der Waals surface area contributed by atoms with Gasteiger partial charge in [-0.1, -0.05) is 12.8 Å². The van der Waals surface area contributed by atoms with E-state index in [0.29, 0.717) is 0 Å². The van der Waals surface area contributed by atoms with Gasteiger partial charge in [0.25, 0.3) is 0 Å². The molecule has 0 radical (unpaired) electrons. The molecule has 0 aromatic heterocycles. The first-order valence-corrected chi connectivity index (χ1v) is 7.11. The Hall–Kier alpha value is -0.650. The van der Waals surface area contributed by atoms with Crippen LogP contribution in [0.15, 0.2) is 0 Å². The Bertz CT molecular complexity index is 267. The summed E-state index contributed by atoms with van der Waals surface area (Å²) in [5.74, 6) is 0.180. The summed E-state index contributed by atoms with van der Waals surface area (Å²) in [5, 5.41) is 3.03. The van der Waals surface area contributed by atoms with Crippen molar-refractivity contribution in [1.82, 2.24) is 10.2 Å². The molecular weight excluding hydrogens is 230 g/mol. The van der Waals surface area contributed by atoms with Gasteiger partial charge in [-0.05, 0) is 12.8 Å². The first kappa shape index (κ1) is 13.8. The van der Waals surface area contributed by atoms with Crippen molar-refractivity contribution in [3.8, 4) is 0 Å². The zero-order valence-corrected chi connectivity index (χ0v) is 11.1. The number of rotatable bonds is 4. The van der Waals surface area contributed by atoms with E-state index in [9.17, 15) is 4.79 Å². The van der Waals surface area contributed by atoms with E-state index in [4.69, 9.17) is 10.5 Å². The molecular formula is C13H25N3O2. The van der Waals surface area contributed by atoms with Gasteiger partial charge in [0, 0.05) is 32.2 Å². The smallest absolute Gasteiger partial charge is 0.224 e. The summed E-state index contributed by atoms with van der Waals surface area (Å²) in [6.45, 7) is 5.19. The summed E-state index contributed by atoms with van der Waals surface area (Å²) in [4.78, 5) is 14.3. The Labute approximate surface area is 109 Å². The predicted molar refractivity (Wildman–Crippen MR) is 70.2 cm³/mol. The van der Waals surface area contributed by atoms with Gasteiger partial charge in [0.05, 0.1) is 19.1 Å². The first-order valence-electron chi connectivity index (χ1n) is 7.11. The van der Waals surface area contributed by atoms with E-state index in [1.807, 2.05) is 0 Å². The molecule has 2 fully saturated rings. The Balaban J connectivity index is 1.64. The minimum absolute atomic E-state index is 0.0310. The van der Waals surface area contributed by atoms with Crippen LogP contribution in [0.25, 0.3) is 0 Å². The lowest BCUT2D eigenvalue weighted by Crippen LogP contribution is -2.46. The van der Waals surface area contributed by atoms with Gasteiger partial charge >= 0.3 is 0 Å². The highest BCUT2D eigenvalue weighted by atomic mass is 16.5. The lowest BCUT2D eigenvalue weighted by atomic mass is 9.84. The molecule has 2 aliphatic rings. The number of morpholine rings is 1. The van der Waals surface area contributed by atoms with Crippen LogP contribution in [0.1, 0.15) is 25.7 Å². The number of nitrogens with two attached hydrogens (primary N) is 1. The normalized spacial score (nSPS) is 30.1. The van der Waals surface area contributed by atoms with E-state index in [1.54, 1.807) is 0 Å². The summed E-state index contributed by atoms with van der Waals surface area (Å²) >= 11 is 0. The van der Waals surface area contributed by atoms with Crippen molar-refractivity contribution in [3.63, 3.8) is 0 Å². The van der Waals surface area contributed by atoms with Gasteiger partial charge in [-0.2, -0.15) is 0 Å². The highest BCUT2D eigenvalue weighted by Gasteiger charge is 2.27. The van der Waals surface area contributed by atoms with E-state index in [-0.39, 0.29) is 17.9 Å². The van der Waals surface area contributed by atoms with Crippen molar-refractivity contribution < 1.29 is 9.53 Å². The second-order valence-electron chi connectivity index (χ2n) is 5.30. The topological polar surface area (TPSA) is 67.6 Å². The second-order valence-corrected chi connectivity index (χ2v) is 5.30. The molecule has 5 nitrogen and oxygen atoms in total. The molecule has 18 heavy (non-hydrogen) atoms. The lowest BCUT2D eigenvalue weighted by molar-refractivity contribution is -0.126. The number of carbonyl (C=O) groups excluding carboxylic acids is 1. The Morgan fingerprint density at radius 2 is 2.00 bits per heavy atom. The number of hydrogen-bond donors (Lipinski definition) is 2. The third kappa shape index (κ3) is 3.93. The fraction of sp³-hybridized carbons (Fsp3) is 0.923. The molecule has 2 atom stereocenters. The quantitative estimate of drug-likeness (QED) is 0.739. The number of amides is 1. The van der Waals surface area contributed by atoms with Gasteiger partial charge in [0.2, 0.25) is 5.91 Å². The fourth-order valence-corrected chi connectivity index (χ4v) is 2.78. The van der Waals surface area contributed by atoms with Crippen molar-refractivity contribution in [2.45, 2.75) is 31.7 Å². The largest absolute Gasteiger partial charge is 0.379 e. The lowest BCUT2D eigenvalue weighted by Gasteiger charge is -2.29. The summed E-state index contributed by atoms with van der Waals surface area (Å²) in [6, 6.07) is 0.0575. The zero-order chi connectivity index (χ0) is 12.8. The fourth-order valence-electron chi connectivity index (χ4n) is 2.78. The van der Waals surface area contributed by atoms with Gasteiger partial charge < -0.3 is 15.8 Å². The average Bonchev–Trinajstić information content (AvgIpc) is 2.40. The molecule has 1 heterocycles. The number of ether oxygens (including phenoxy) is 1. The molecule has 3 N–H and O–H groups in total. The van der Waals surface area contributed by atoms with Crippen molar-refractivity contribution in [1.29, 1.82) is 0 Å². The standard InChI is InChI=1S/C13H25N3O2/c14-12-4-2-1-3-11(12)13(17)15-5-6-16-7-9-18-10-8-16/h11-12H,1-10,14H2,(H,15,17)/t11-,12+/m1/s1. The Morgan fingerprint density at radius 3 is 2.72 bits per heavy atom. The van der Waals surface area contributed by atoms with Gasteiger partial charge in [0.1, 0.15) is 0 Å². The van der Waals surface area contributed by atoms with E-state index < -0.39 is 0 Å². The molecule has 0 bridgehead atoms. The van der Waals surface area contributed by atoms with Crippen LogP contribution in [0, 0.1) is 5.92 Å². The third-order valence-corrected chi connectivity index (χ3v) is 3.99. The molecule has 1 saturated heterocycles. The number of nitrogens with zero attached hydrogens (tertiary/aromatic N) is 1. The average molecular weight is 255 g/mol. The van der Waals surface area contributed by atoms with E-state index >= 15 is 0 Å². The van der Waals surface area contributed by atoms with Crippen molar-refractivity contribution >= 4 is 5.91 Å². The molecule has 104 valence electrons. The number of nitrogens with one attached hydrogen (secondary N) is 1. The van der Waals surface area contributed by atoms with Crippen molar-refractivity contribution in [2.75, 3.05) is 39.4 Å². The molecule has 0 aromatic carbocycles. The van der Waals surface area contributed by atoms with Crippen LogP contribution in [-0.4, -0.2) is 56.2 Å². The van der Waals surface area contributed by atoms with Crippen LogP contribution in [-0.2, 0) is 9.53 Å². The van der Waals surface area contributed by atoms with Gasteiger partial charge in [0.15, 0.2) is 0 Å². The van der Waals surface area contributed by atoms with Crippen LogP contribution >= 0.6 is 0 Å². The molecule has 0 spiro atoms. The van der Waals surface area contributed by atoms with Crippen LogP contribution in [0.4, 0.5) is 0 Å². The maximum Gasteiger partial charge on any atom is 0.224 e. The van der Waals surface area contributed by atoms with Crippen LogP contribution < -0.4 is 11.1 Å². The van der Waals surface area contributed by atoms with E-state index in [2.05, 4.69) is 10.2 Å². The van der Waals surface area contributed by atoms with Crippen LogP contribution in [0.5, 0.6) is 0 Å². The molecule has 0 aromatic rings. The summed E-state index contributed by atoms with van der Waals surface area (Å²) in [6.07, 6.45) is 4.24. The van der Waals surface area contributed by atoms with Gasteiger partial charge in [-0.15, -0.1) is 0 Å². The molecule has 5 heteroatoms. The highest BCUT2D eigenvalue weighted by Crippen LogP contribution is 2.22. The Morgan fingerprint density at radius 1 is 1.28 bits per heavy atom. The molecule has 1 saturated carbocycles. The first-order chi connectivity index (χ1) is 8.77. The minimum atomic E-state index is 0.0310. The zero-order valence-electron chi connectivity index (χ0n) is 11.1. The van der Waals surface area contributed by atoms with Gasteiger partial charge in [-0.3, -0.25) is 9.69 Å². The predicted octanol–water partition coefficient (Wildman–Crippen LogP) is -0.0477. The molecule has 1 aliphatic heterocycles. The highest BCUT2D eigenvalue weighted by molar-refractivity contribution is 5.79. The SMILES string of the molecule is N[C@H]1CCCC[C@H]1C(=O)NCCN1CCOCC1. The number of hydrogen-bond acceptors (Lipinski definition) is 4. The van der Waals surface area contributed by atoms with Crippen LogP contribution in [0.3, 0.4) is 0 Å². The Kier molecular flexibility index (Phi) is 5.41. The van der Waals surface area contributed by atoms with E-state index in [0.717, 1.165) is 58.7 Å². The molecule has 2 rings (SSSR count). The molecule has 1 aliphatic carbocycles. The maximum atomic E-state index is 12.0. The second kappa shape index (κ2) is 7.07. The van der Waals surface area contributed by atoms with Gasteiger partial charge in [-0.25, -0.2) is 0 Å². The van der Waals surface area contributed by atoms with E-state index in [1.165, 1.54) is 6.42 Å². The third-order valence-electron chi connectivity index (χ3n) is 3.99. The monoisotopic (exact) mass is 255 g/mol. The molecule has 0 unspecified atom stereocenters. The molecule has 1 amide bonds. The maximum absolute atomic E-state index is 12.0.